The lowest BCUT2D eigenvalue weighted by molar-refractivity contribution is 0.502. The van der Waals surface area contributed by atoms with E-state index in [4.69, 9.17) is 0 Å². The van der Waals surface area contributed by atoms with E-state index in [-0.39, 0.29) is 0 Å². The zero-order valence-electron chi connectivity index (χ0n) is 11.2. The lowest BCUT2D eigenvalue weighted by Crippen LogP contribution is -2.22. The van der Waals surface area contributed by atoms with Gasteiger partial charge in [0.1, 0.15) is 11.6 Å². The van der Waals surface area contributed by atoms with Gasteiger partial charge in [0, 0.05) is 17.5 Å². The Balaban J connectivity index is 2.02. The third-order valence-corrected chi connectivity index (χ3v) is 4.12. The molecule has 18 heavy (non-hydrogen) atoms. The molecule has 2 aromatic heterocycles. The van der Waals surface area contributed by atoms with Crippen LogP contribution in [0.4, 0.5) is 0 Å². The van der Waals surface area contributed by atoms with Crippen molar-refractivity contribution in [2.45, 2.75) is 46.3 Å². The molecule has 0 saturated heterocycles. The summed E-state index contributed by atoms with van der Waals surface area (Å²) in [6.45, 7) is 8.01. The van der Waals surface area contributed by atoms with Crippen LogP contribution in [0.5, 0.6) is 0 Å². The summed E-state index contributed by atoms with van der Waals surface area (Å²) in [5.41, 5.74) is 0. The van der Waals surface area contributed by atoms with Crippen molar-refractivity contribution in [2.24, 2.45) is 0 Å². The summed E-state index contributed by atoms with van der Waals surface area (Å²) in [7, 11) is 0. The van der Waals surface area contributed by atoms with Gasteiger partial charge in [0.15, 0.2) is 0 Å². The first kappa shape index (κ1) is 13.2. The lowest BCUT2D eigenvalue weighted by Gasteiger charge is -2.15. The first-order valence-corrected chi connectivity index (χ1v) is 7.29. The monoisotopic (exact) mass is 264 g/mol. The van der Waals surface area contributed by atoms with Crippen LogP contribution in [0.25, 0.3) is 0 Å². The second-order valence-corrected chi connectivity index (χ2v) is 5.24. The van der Waals surface area contributed by atoms with Crippen LogP contribution in [0.1, 0.15) is 42.8 Å². The van der Waals surface area contributed by atoms with E-state index < -0.39 is 0 Å². The average Bonchev–Trinajstić information content (AvgIpc) is 3.00. The largest absolute Gasteiger partial charge is 0.314 e. The number of aromatic nitrogens is 3. The standard InChI is InChI=1S/C13H20N4S/c1-4-11(12-7-6-8-18-12)14-9-13-16-15-10(3)17(13)5-2/h6-8,11,14H,4-5,9H2,1-3H3/t11-/m1/s1. The predicted octanol–water partition coefficient (Wildman–Crippen LogP) is 2.91. The summed E-state index contributed by atoms with van der Waals surface area (Å²) in [5, 5.41) is 14.0. The molecule has 0 aromatic carbocycles. The zero-order chi connectivity index (χ0) is 13.0. The molecule has 0 bridgehead atoms. The van der Waals surface area contributed by atoms with E-state index in [0.717, 1.165) is 31.2 Å². The van der Waals surface area contributed by atoms with Gasteiger partial charge in [0.2, 0.25) is 0 Å². The van der Waals surface area contributed by atoms with Crippen LogP contribution >= 0.6 is 11.3 Å². The number of thiophene rings is 1. The normalized spacial score (nSPS) is 12.8. The minimum Gasteiger partial charge on any atom is -0.314 e. The third kappa shape index (κ3) is 2.79. The highest BCUT2D eigenvalue weighted by Gasteiger charge is 2.12. The van der Waals surface area contributed by atoms with Gasteiger partial charge in [0.05, 0.1) is 6.54 Å². The van der Waals surface area contributed by atoms with Crippen LogP contribution in [0, 0.1) is 6.92 Å². The Morgan fingerprint density at radius 1 is 1.39 bits per heavy atom. The maximum absolute atomic E-state index is 4.23. The van der Waals surface area contributed by atoms with E-state index in [1.165, 1.54) is 4.88 Å². The zero-order valence-corrected chi connectivity index (χ0v) is 12.0. The van der Waals surface area contributed by atoms with Gasteiger partial charge in [-0.1, -0.05) is 13.0 Å². The number of nitrogens with zero attached hydrogens (tertiary/aromatic N) is 3. The van der Waals surface area contributed by atoms with E-state index in [1.807, 2.05) is 6.92 Å². The number of nitrogens with one attached hydrogen (secondary N) is 1. The smallest absolute Gasteiger partial charge is 0.147 e. The van der Waals surface area contributed by atoms with Gasteiger partial charge < -0.3 is 9.88 Å². The molecule has 0 spiro atoms. The predicted molar refractivity (Wildman–Crippen MR) is 74.6 cm³/mol. The van der Waals surface area contributed by atoms with Gasteiger partial charge in [-0.15, -0.1) is 21.5 Å². The van der Waals surface area contributed by atoms with Gasteiger partial charge in [-0.3, -0.25) is 0 Å². The van der Waals surface area contributed by atoms with E-state index in [1.54, 1.807) is 11.3 Å². The molecule has 2 heterocycles. The molecule has 0 fully saturated rings. The van der Waals surface area contributed by atoms with Gasteiger partial charge in [-0.05, 0) is 31.7 Å². The van der Waals surface area contributed by atoms with Crippen molar-refractivity contribution in [1.29, 1.82) is 0 Å². The van der Waals surface area contributed by atoms with Gasteiger partial charge >= 0.3 is 0 Å². The van der Waals surface area contributed by atoms with Crippen LogP contribution in [0.3, 0.4) is 0 Å². The summed E-state index contributed by atoms with van der Waals surface area (Å²) < 4.78 is 2.15. The molecule has 0 unspecified atom stereocenters. The minimum absolute atomic E-state index is 0.410. The van der Waals surface area contributed by atoms with E-state index in [2.05, 4.69) is 51.4 Å². The van der Waals surface area contributed by atoms with Crippen molar-refractivity contribution in [3.05, 3.63) is 34.0 Å². The third-order valence-electron chi connectivity index (χ3n) is 3.13. The molecule has 1 atom stereocenters. The van der Waals surface area contributed by atoms with Crippen molar-refractivity contribution in [3.63, 3.8) is 0 Å². The second-order valence-electron chi connectivity index (χ2n) is 4.26. The fraction of sp³-hybridized carbons (Fsp3) is 0.538. The number of aryl methyl sites for hydroxylation is 1. The molecule has 0 amide bonds. The molecule has 0 aliphatic heterocycles. The molecule has 5 heteroatoms. The maximum atomic E-state index is 4.23. The van der Waals surface area contributed by atoms with Crippen molar-refractivity contribution in [1.82, 2.24) is 20.1 Å². The summed E-state index contributed by atoms with van der Waals surface area (Å²) in [6.07, 6.45) is 1.08. The SMILES string of the molecule is CC[C@@H](NCc1nnc(C)n1CC)c1cccs1. The summed E-state index contributed by atoms with van der Waals surface area (Å²) >= 11 is 1.80. The van der Waals surface area contributed by atoms with Crippen molar-refractivity contribution in [2.75, 3.05) is 0 Å². The Labute approximate surface area is 112 Å². The Kier molecular flexibility index (Phi) is 4.49. The maximum Gasteiger partial charge on any atom is 0.147 e. The van der Waals surface area contributed by atoms with Crippen molar-refractivity contribution >= 4 is 11.3 Å². The molecule has 2 rings (SSSR count). The molecular formula is C13H20N4S. The Hall–Kier alpha value is -1.20. The van der Waals surface area contributed by atoms with Gasteiger partial charge in [0.25, 0.3) is 0 Å². The number of rotatable bonds is 6. The summed E-state index contributed by atoms with van der Waals surface area (Å²) in [6, 6.07) is 4.69. The van der Waals surface area contributed by atoms with Crippen molar-refractivity contribution < 1.29 is 0 Å². The minimum atomic E-state index is 0.410. The molecule has 0 radical (unpaired) electrons. The first-order chi connectivity index (χ1) is 8.76. The molecule has 1 N–H and O–H groups in total. The molecule has 0 aliphatic rings. The molecule has 0 saturated carbocycles. The van der Waals surface area contributed by atoms with E-state index in [9.17, 15) is 0 Å². The van der Waals surface area contributed by atoms with Gasteiger partial charge in [-0.2, -0.15) is 0 Å². The molecule has 2 aromatic rings. The van der Waals surface area contributed by atoms with Crippen LogP contribution in [-0.4, -0.2) is 14.8 Å². The van der Waals surface area contributed by atoms with E-state index >= 15 is 0 Å². The molecule has 98 valence electrons. The van der Waals surface area contributed by atoms with E-state index in [0.29, 0.717) is 6.04 Å². The van der Waals surface area contributed by atoms with Crippen LogP contribution in [0.15, 0.2) is 17.5 Å². The first-order valence-electron chi connectivity index (χ1n) is 6.41. The lowest BCUT2D eigenvalue weighted by atomic mass is 10.2. The highest BCUT2D eigenvalue weighted by atomic mass is 32.1. The average molecular weight is 264 g/mol. The van der Waals surface area contributed by atoms with Gasteiger partial charge in [-0.25, -0.2) is 0 Å². The topological polar surface area (TPSA) is 42.7 Å². The quantitative estimate of drug-likeness (QED) is 0.872. The fourth-order valence-electron chi connectivity index (χ4n) is 2.12. The Morgan fingerprint density at radius 3 is 2.83 bits per heavy atom. The molecule has 0 aliphatic carbocycles. The number of hydrogen-bond donors (Lipinski definition) is 1. The highest BCUT2D eigenvalue weighted by molar-refractivity contribution is 7.10. The summed E-state index contributed by atoms with van der Waals surface area (Å²) in [4.78, 5) is 1.39. The van der Waals surface area contributed by atoms with Crippen molar-refractivity contribution in [3.8, 4) is 0 Å². The summed E-state index contributed by atoms with van der Waals surface area (Å²) in [5.74, 6) is 2.00. The second kappa shape index (κ2) is 6.11. The van der Waals surface area contributed by atoms with Crippen LogP contribution in [0.2, 0.25) is 0 Å². The van der Waals surface area contributed by atoms with Crippen LogP contribution < -0.4 is 5.32 Å². The number of hydrogen-bond acceptors (Lipinski definition) is 4. The Morgan fingerprint density at radius 2 is 2.22 bits per heavy atom. The Bertz CT molecular complexity index is 475. The fourth-order valence-corrected chi connectivity index (χ4v) is 3.00. The molecular weight excluding hydrogens is 244 g/mol. The molecule has 4 nitrogen and oxygen atoms in total. The van der Waals surface area contributed by atoms with Crippen LogP contribution in [-0.2, 0) is 13.1 Å². The highest BCUT2D eigenvalue weighted by Crippen LogP contribution is 2.21.